The van der Waals surface area contributed by atoms with Crippen molar-refractivity contribution >= 4 is 50.9 Å². The molecule has 0 aromatic heterocycles. The summed E-state index contributed by atoms with van der Waals surface area (Å²) >= 11 is 15.6. The van der Waals surface area contributed by atoms with Crippen LogP contribution in [0.5, 0.6) is 0 Å². The highest BCUT2D eigenvalue weighted by Gasteiger charge is 2.30. The number of benzene rings is 3. The molecular formula is C25H23BrCl2N2O2. The second kappa shape index (κ2) is 11.5. The molecule has 0 radical (unpaired) electrons. The van der Waals surface area contributed by atoms with Crippen molar-refractivity contribution in [2.24, 2.45) is 0 Å². The highest BCUT2D eigenvalue weighted by atomic mass is 79.9. The number of hydrogen-bond acceptors (Lipinski definition) is 2. The van der Waals surface area contributed by atoms with E-state index in [2.05, 4.69) is 21.2 Å². The summed E-state index contributed by atoms with van der Waals surface area (Å²) in [4.78, 5) is 28.1. The Morgan fingerprint density at radius 2 is 1.62 bits per heavy atom. The van der Waals surface area contributed by atoms with Gasteiger partial charge in [0.2, 0.25) is 11.8 Å². The number of hydrogen-bond donors (Lipinski definition) is 1. The lowest BCUT2D eigenvalue weighted by molar-refractivity contribution is -0.140. The van der Waals surface area contributed by atoms with Crippen molar-refractivity contribution in [1.29, 1.82) is 0 Å². The maximum atomic E-state index is 13.5. The molecular weight excluding hydrogens is 511 g/mol. The van der Waals surface area contributed by atoms with Crippen LogP contribution in [0, 0.1) is 0 Å². The van der Waals surface area contributed by atoms with Gasteiger partial charge in [0.15, 0.2) is 0 Å². The molecule has 166 valence electrons. The highest BCUT2D eigenvalue weighted by molar-refractivity contribution is 9.10. The third kappa shape index (κ3) is 6.58. The van der Waals surface area contributed by atoms with Gasteiger partial charge < -0.3 is 10.2 Å². The third-order valence-corrected chi connectivity index (χ3v) is 6.33. The van der Waals surface area contributed by atoms with Gasteiger partial charge in [0.25, 0.3) is 0 Å². The lowest BCUT2D eigenvalue weighted by atomic mass is 10.0. The quantitative estimate of drug-likeness (QED) is 0.404. The van der Waals surface area contributed by atoms with E-state index in [1.807, 2.05) is 54.6 Å². The second-order valence-corrected chi connectivity index (χ2v) is 9.13. The topological polar surface area (TPSA) is 49.4 Å². The molecule has 3 aromatic rings. The van der Waals surface area contributed by atoms with E-state index < -0.39 is 6.04 Å². The molecule has 3 aromatic carbocycles. The molecule has 2 amide bonds. The summed E-state index contributed by atoms with van der Waals surface area (Å²) in [6, 6.07) is 21.9. The maximum absolute atomic E-state index is 13.5. The minimum atomic E-state index is -0.670. The van der Waals surface area contributed by atoms with E-state index in [0.29, 0.717) is 23.0 Å². The number of nitrogens with zero attached hydrogens (tertiary/aromatic N) is 1. The number of amides is 2. The van der Waals surface area contributed by atoms with Crippen LogP contribution >= 0.6 is 39.1 Å². The minimum Gasteiger partial charge on any atom is -0.357 e. The molecule has 0 heterocycles. The molecule has 0 aliphatic heterocycles. The van der Waals surface area contributed by atoms with Gasteiger partial charge in [-0.2, -0.15) is 0 Å². The minimum absolute atomic E-state index is 0.104. The maximum Gasteiger partial charge on any atom is 0.242 e. The van der Waals surface area contributed by atoms with Gasteiger partial charge in [-0.15, -0.1) is 0 Å². The fraction of sp³-hybridized carbons (Fsp3) is 0.200. The van der Waals surface area contributed by atoms with Gasteiger partial charge in [-0.1, -0.05) is 87.7 Å². The summed E-state index contributed by atoms with van der Waals surface area (Å²) in [6.45, 7) is 0.296. The number of halogens is 3. The summed E-state index contributed by atoms with van der Waals surface area (Å²) < 4.78 is 0.909. The molecule has 1 N–H and O–H groups in total. The zero-order chi connectivity index (χ0) is 23.1. The SMILES string of the molecule is CNC(=O)[C@H](Cc1ccccc1)N(Cc1cccc(Br)c1)C(=O)Cc1ccc(Cl)c(Cl)c1. The Kier molecular flexibility index (Phi) is 8.74. The molecule has 0 saturated carbocycles. The van der Waals surface area contributed by atoms with Gasteiger partial charge in [-0.25, -0.2) is 0 Å². The number of likely N-dealkylation sites (N-methyl/N-ethyl adjacent to an activating group) is 1. The summed E-state index contributed by atoms with van der Waals surface area (Å²) in [5.41, 5.74) is 2.63. The van der Waals surface area contributed by atoms with E-state index in [1.165, 1.54) is 0 Å². The van der Waals surface area contributed by atoms with Crippen LogP contribution in [0.1, 0.15) is 16.7 Å². The Hall–Kier alpha value is -2.34. The van der Waals surface area contributed by atoms with Gasteiger partial charge >= 0.3 is 0 Å². The normalized spacial score (nSPS) is 11.6. The highest BCUT2D eigenvalue weighted by Crippen LogP contribution is 2.24. The van der Waals surface area contributed by atoms with E-state index in [0.717, 1.165) is 21.2 Å². The number of carbonyl (C=O) groups is 2. The average Bonchev–Trinajstić information content (AvgIpc) is 2.79. The van der Waals surface area contributed by atoms with Crippen molar-refractivity contribution in [3.63, 3.8) is 0 Å². The molecule has 0 saturated heterocycles. The van der Waals surface area contributed by atoms with E-state index in [4.69, 9.17) is 23.2 Å². The molecule has 32 heavy (non-hydrogen) atoms. The molecule has 0 spiro atoms. The summed E-state index contributed by atoms with van der Waals surface area (Å²) in [5.74, 6) is -0.390. The molecule has 4 nitrogen and oxygen atoms in total. The van der Waals surface area contributed by atoms with Crippen LogP contribution in [0.25, 0.3) is 0 Å². The first-order valence-corrected chi connectivity index (χ1v) is 11.7. The van der Waals surface area contributed by atoms with Crippen LogP contribution in [-0.4, -0.2) is 29.8 Å². The molecule has 0 bridgehead atoms. The lowest BCUT2D eigenvalue weighted by Gasteiger charge is -2.31. The zero-order valence-corrected chi connectivity index (χ0v) is 20.6. The first kappa shape index (κ1) is 24.3. The van der Waals surface area contributed by atoms with E-state index in [1.54, 1.807) is 30.1 Å². The van der Waals surface area contributed by atoms with Gasteiger partial charge in [0.05, 0.1) is 16.5 Å². The molecule has 0 aliphatic carbocycles. The van der Waals surface area contributed by atoms with Crippen molar-refractivity contribution in [2.75, 3.05) is 7.05 Å². The predicted octanol–water partition coefficient (Wildman–Crippen LogP) is 5.68. The van der Waals surface area contributed by atoms with Crippen molar-refractivity contribution in [1.82, 2.24) is 10.2 Å². The number of nitrogens with one attached hydrogen (secondary N) is 1. The molecule has 3 rings (SSSR count). The Morgan fingerprint density at radius 3 is 2.28 bits per heavy atom. The molecule has 1 atom stereocenters. The van der Waals surface area contributed by atoms with Crippen molar-refractivity contribution in [3.8, 4) is 0 Å². The predicted molar refractivity (Wildman–Crippen MR) is 133 cm³/mol. The van der Waals surface area contributed by atoms with Crippen LogP contribution in [0.2, 0.25) is 10.0 Å². The standard InChI is InChI=1S/C25H23BrCl2N2O2/c1-29-25(32)23(14-17-6-3-2-4-7-17)30(16-19-8-5-9-20(26)12-19)24(31)15-18-10-11-21(27)22(28)13-18/h2-13,23H,14-16H2,1H3,(H,29,32)/t23-/m0/s1. The van der Waals surface area contributed by atoms with Gasteiger partial charge in [0.1, 0.15) is 6.04 Å². The molecule has 0 unspecified atom stereocenters. The van der Waals surface area contributed by atoms with Gasteiger partial charge in [-0.05, 0) is 41.0 Å². The Bertz CT molecular complexity index is 1090. The van der Waals surface area contributed by atoms with Crippen molar-refractivity contribution in [2.45, 2.75) is 25.4 Å². The van der Waals surface area contributed by atoms with Crippen LogP contribution < -0.4 is 5.32 Å². The van der Waals surface area contributed by atoms with E-state index >= 15 is 0 Å². The van der Waals surface area contributed by atoms with Crippen LogP contribution in [-0.2, 0) is 29.0 Å². The van der Waals surface area contributed by atoms with Crippen LogP contribution in [0.15, 0.2) is 77.3 Å². The van der Waals surface area contributed by atoms with E-state index in [-0.39, 0.29) is 18.2 Å². The van der Waals surface area contributed by atoms with Crippen molar-refractivity contribution < 1.29 is 9.59 Å². The van der Waals surface area contributed by atoms with Crippen molar-refractivity contribution in [3.05, 3.63) is 104 Å². The van der Waals surface area contributed by atoms with Gasteiger partial charge in [-0.3, -0.25) is 9.59 Å². The van der Waals surface area contributed by atoms with Crippen LogP contribution in [0.4, 0.5) is 0 Å². The monoisotopic (exact) mass is 532 g/mol. The lowest BCUT2D eigenvalue weighted by Crippen LogP contribution is -2.50. The van der Waals surface area contributed by atoms with Gasteiger partial charge in [0, 0.05) is 24.5 Å². The Labute approximate surface area is 206 Å². The zero-order valence-electron chi connectivity index (χ0n) is 17.5. The first-order chi connectivity index (χ1) is 15.4. The summed E-state index contributed by atoms with van der Waals surface area (Å²) in [6.07, 6.45) is 0.509. The fourth-order valence-corrected chi connectivity index (χ4v) is 4.25. The Balaban J connectivity index is 1.95. The largest absolute Gasteiger partial charge is 0.357 e. The third-order valence-electron chi connectivity index (χ3n) is 5.10. The van der Waals surface area contributed by atoms with E-state index in [9.17, 15) is 9.59 Å². The molecule has 0 aliphatic rings. The average molecular weight is 534 g/mol. The number of carbonyl (C=O) groups excluding carboxylic acids is 2. The Morgan fingerprint density at radius 1 is 0.906 bits per heavy atom. The first-order valence-electron chi connectivity index (χ1n) is 10.1. The smallest absolute Gasteiger partial charge is 0.242 e. The summed E-state index contributed by atoms with van der Waals surface area (Å²) in [7, 11) is 1.58. The summed E-state index contributed by atoms with van der Waals surface area (Å²) in [5, 5.41) is 3.54. The van der Waals surface area contributed by atoms with Crippen LogP contribution in [0.3, 0.4) is 0 Å². The fourth-order valence-electron chi connectivity index (χ4n) is 3.48. The molecule has 0 fully saturated rings. The number of rotatable bonds is 8. The second-order valence-electron chi connectivity index (χ2n) is 7.40. The molecule has 7 heteroatoms.